The van der Waals surface area contributed by atoms with E-state index >= 15 is 0 Å². The van der Waals surface area contributed by atoms with Crippen molar-refractivity contribution in [1.29, 1.82) is 0 Å². The lowest BCUT2D eigenvalue weighted by Crippen LogP contribution is -2.33. The fourth-order valence-electron chi connectivity index (χ4n) is 2.29. The van der Waals surface area contributed by atoms with Gasteiger partial charge in [0.2, 0.25) is 0 Å². The summed E-state index contributed by atoms with van der Waals surface area (Å²) < 4.78 is 10.0. The van der Waals surface area contributed by atoms with Crippen molar-refractivity contribution >= 4 is 5.97 Å². The van der Waals surface area contributed by atoms with Gasteiger partial charge in [0.15, 0.2) is 0 Å². The van der Waals surface area contributed by atoms with Crippen LogP contribution in [0, 0.1) is 5.92 Å². The number of carbonyl (C=O) groups excluding carboxylic acids is 1. The van der Waals surface area contributed by atoms with E-state index in [1.54, 1.807) is 6.26 Å². The Bertz CT molecular complexity index is 340. The second kappa shape index (κ2) is 7.21. The van der Waals surface area contributed by atoms with Crippen molar-refractivity contribution in [3.05, 3.63) is 24.2 Å². The molecule has 1 aromatic rings. The normalized spacial score (nSPS) is 17.2. The zero-order valence-corrected chi connectivity index (χ0v) is 10.2. The summed E-state index contributed by atoms with van der Waals surface area (Å²) in [6.07, 6.45) is 4.40. The first-order valence-corrected chi connectivity index (χ1v) is 6.09. The second-order valence-corrected chi connectivity index (χ2v) is 4.58. The van der Waals surface area contributed by atoms with Gasteiger partial charge in [-0.2, -0.15) is 0 Å². The minimum Gasteiger partial charge on any atom is -0.469 e. The van der Waals surface area contributed by atoms with Crippen molar-refractivity contribution in [2.24, 2.45) is 5.92 Å². The van der Waals surface area contributed by atoms with Crippen molar-refractivity contribution in [3.63, 3.8) is 0 Å². The smallest absolute Gasteiger partial charge is 0.305 e. The molecule has 0 unspecified atom stereocenters. The Kier molecular flexibility index (Phi) is 5.92. The zero-order chi connectivity index (χ0) is 12.1. The number of hydrogen-bond acceptors (Lipinski definition) is 4. The van der Waals surface area contributed by atoms with E-state index < -0.39 is 0 Å². The number of carbonyl (C=O) groups is 1. The molecule has 0 atom stereocenters. The molecule has 0 spiro atoms. The molecule has 2 heterocycles. The highest BCUT2D eigenvalue weighted by Gasteiger charge is 2.22. The SMILES string of the molecule is C.COC(=O)CC1CCN(Cc2ccco2)CC1. The average Bonchev–Trinajstić information content (AvgIpc) is 2.84. The number of likely N-dealkylation sites (tertiary alicyclic amines) is 1. The number of furan rings is 1. The van der Waals surface area contributed by atoms with Crippen molar-refractivity contribution in [3.8, 4) is 0 Å². The standard InChI is InChI=1S/C13H19NO3.CH4/c1-16-13(15)9-11-4-6-14(7-5-11)10-12-3-2-8-17-12;/h2-3,8,11H,4-7,9-10H2,1H3;1H4. The molecule has 1 aromatic heterocycles. The third-order valence-electron chi connectivity index (χ3n) is 3.35. The van der Waals surface area contributed by atoms with Gasteiger partial charge in [0.25, 0.3) is 0 Å². The molecule has 1 aliphatic rings. The summed E-state index contributed by atoms with van der Waals surface area (Å²) >= 11 is 0. The minimum absolute atomic E-state index is 0. The third kappa shape index (κ3) is 4.18. The van der Waals surface area contributed by atoms with Gasteiger partial charge in [-0.1, -0.05) is 7.43 Å². The number of esters is 1. The highest BCUT2D eigenvalue weighted by molar-refractivity contribution is 5.69. The van der Waals surface area contributed by atoms with E-state index in [1.165, 1.54) is 7.11 Å². The van der Waals surface area contributed by atoms with Crippen LogP contribution in [0.3, 0.4) is 0 Å². The van der Waals surface area contributed by atoms with Gasteiger partial charge in [-0.05, 0) is 44.0 Å². The first kappa shape index (κ1) is 14.8. The minimum atomic E-state index is -0.0884. The Balaban J connectivity index is 0.00000162. The fraction of sp³-hybridized carbons (Fsp3) is 0.643. The highest BCUT2D eigenvalue weighted by Crippen LogP contribution is 2.22. The summed E-state index contributed by atoms with van der Waals surface area (Å²) in [6.45, 7) is 2.93. The summed E-state index contributed by atoms with van der Waals surface area (Å²) in [7, 11) is 1.45. The number of hydrogen-bond donors (Lipinski definition) is 0. The van der Waals surface area contributed by atoms with E-state index in [1.807, 2.05) is 12.1 Å². The van der Waals surface area contributed by atoms with Crippen LogP contribution in [-0.4, -0.2) is 31.1 Å². The van der Waals surface area contributed by atoms with E-state index in [0.29, 0.717) is 12.3 Å². The van der Waals surface area contributed by atoms with E-state index in [0.717, 1.165) is 38.2 Å². The molecule has 0 bridgehead atoms. The molecule has 18 heavy (non-hydrogen) atoms. The van der Waals surface area contributed by atoms with Crippen LogP contribution >= 0.6 is 0 Å². The number of piperidine rings is 1. The monoisotopic (exact) mass is 253 g/mol. The van der Waals surface area contributed by atoms with E-state index in [4.69, 9.17) is 9.15 Å². The molecule has 1 aliphatic heterocycles. The molecule has 1 saturated heterocycles. The quantitative estimate of drug-likeness (QED) is 0.774. The number of methoxy groups -OCH3 is 1. The van der Waals surface area contributed by atoms with Crippen molar-refractivity contribution in [1.82, 2.24) is 4.90 Å². The van der Waals surface area contributed by atoms with E-state index in [2.05, 4.69) is 4.90 Å². The van der Waals surface area contributed by atoms with Gasteiger partial charge >= 0.3 is 5.97 Å². The van der Waals surface area contributed by atoms with Crippen molar-refractivity contribution in [2.75, 3.05) is 20.2 Å². The van der Waals surface area contributed by atoms with Gasteiger partial charge in [0.05, 0.1) is 19.9 Å². The molecule has 0 amide bonds. The number of rotatable bonds is 4. The lowest BCUT2D eigenvalue weighted by molar-refractivity contribution is -0.142. The second-order valence-electron chi connectivity index (χ2n) is 4.58. The van der Waals surface area contributed by atoms with Crippen LogP contribution in [0.1, 0.15) is 32.4 Å². The Labute approximate surface area is 109 Å². The van der Waals surface area contributed by atoms with Crippen LogP contribution in [0.25, 0.3) is 0 Å². The largest absolute Gasteiger partial charge is 0.469 e. The molecule has 102 valence electrons. The van der Waals surface area contributed by atoms with Crippen LogP contribution in [0.5, 0.6) is 0 Å². The highest BCUT2D eigenvalue weighted by atomic mass is 16.5. The zero-order valence-electron chi connectivity index (χ0n) is 10.2. The van der Waals surface area contributed by atoms with Crippen molar-refractivity contribution < 1.29 is 13.9 Å². The summed E-state index contributed by atoms with van der Waals surface area (Å²) in [5.74, 6) is 1.40. The Hall–Kier alpha value is -1.29. The molecule has 0 N–H and O–H groups in total. The van der Waals surface area contributed by atoms with Gasteiger partial charge in [-0.3, -0.25) is 9.69 Å². The fourth-order valence-corrected chi connectivity index (χ4v) is 2.29. The Morgan fingerprint density at radius 2 is 2.22 bits per heavy atom. The van der Waals surface area contributed by atoms with Gasteiger partial charge < -0.3 is 9.15 Å². The first-order chi connectivity index (χ1) is 8.28. The molecule has 2 rings (SSSR count). The molecule has 0 saturated carbocycles. The molecule has 0 aliphatic carbocycles. The van der Waals surface area contributed by atoms with Crippen LogP contribution in [-0.2, 0) is 16.1 Å². The maximum Gasteiger partial charge on any atom is 0.305 e. The average molecular weight is 253 g/mol. The predicted molar refractivity (Wildman–Crippen MR) is 70.1 cm³/mol. The molecular weight excluding hydrogens is 230 g/mol. The summed E-state index contributed by atoms with van der Waals surface area (Å²) in [4.78, 5) is 13.5. The van der Waals surface area contributed by atoms with Gasteiger partial charge in [0, 0.05) is 6.42 Å². The maximum atomic E-state index is 11.2. The first-order valence-electron chi connectivity index (χ1n) is 6.09. The molecule has 4 nitrogen and oxygen atoms in total. The van der Waals surface area contributed by atoms with Gasteiger partial charge in [-0.25, -0.2) is 0 Å². The summed E-state index contributed by atoms with van der Waals surface area (Å²) in [5, 5.41) is 0. The summed E-state index contributed by atoms with van der Waals surface area (Å²) in [6, 6.07) is 3.92. The molecule has 1 fully saturated rings. The Morgan fingerprint density at radius 3 is 2.78 bits per heavy atom. The van der Waals surface area contributed by atoms with Gasteiger partial charge in [0.1, 0.15) is 5.76 Å². The number of nitrogens with zero attached hydrogens (tertiary/aromatic N) is 1. The summed E-state index contributed by atoms with van der Waals surface area (Å²) in [5.41, 5.74) is 0. The van der Waals surface area contributed by atoms with Crippen LogP contribution in [0.4, 0.5) is 0 Å². The predicted octanol–water partition coefficient (Wildman–Crippen LogP) is 2.69. The third-order valence-corrected chi connectivity index (χ3v) is 3.35. The molecule has 0 radical (unpaired) electrons. The van der Waals surface area contributed by atoms with Gasteiger partial charge in [-0.15, -0.1) is 0 Å². The Morgan fingerprint density at radius 1 is 1.50 bits per heavy atom. The van der Waals surface area contributed by atoms with Crippen LogP contribution < -0.4 is 0 Å². The molecular formula is C14H23NO3. The van der Waals surface area contributed by atoms with E-state index in [-0.39, 0.29) is 13.4 Å². The van der Waals surface area contributed by atoms with Crippen LogP contribution in [0.2, 0.25) is 0 Å². The lowest BCUT2D eigenvalue weighted by atomic mass is 9.93. The topological polar surface area (TPSA) is 42.7 Å². The van der Waals surface area contributed by atoms with E-state index in [9.17, 15) is 4.79 Å². The lowest BCUT2D eigenvalue weighted by Gasteiger charge is -2.30. The van der Waals surface area contributed by atoms with Crippen molar-refractivity contribution in [2.45, 2.75) is 33.2 Å². The maximum absolute atomic E-state index is 11.2. The van der Waals surface area contributed by atoms with Crippen LogP contribution in [0.15, 0.2) is 22.8 Å². The molecule has 0 aromatic carbocycles. The number of ether oxygens (including phenoxy) is 1. The molecule has 4 heteroatoms.